The number of amides is 1. The van der Waals surface area contributed by atoms with Gasteiger partial charge in [-0.05, 0) is 31.5 Å². The van der Waals surface area contributed by atoms with Gasteiger partial charge in [0.2, 0.25) is 5.91 Å². The number of hydrogen-bond acceptors (Lipinski definition) is 3. The summed E-state index contributed by atoms with van der Waals surface area (Å²) in [5, 5.41) is 2.67. The summed E-state index contributed by atoms with van der Waals surface area (Å²) in [5.41, 5.74) is 6.50. The minimum atomic E-state index is -0.290. The molecule has 1 heterocycles. The van der Waals surface area contributed by atoms with Gasteiger partial charge in [0.25, 0.3) is 0 Å². The molecule has 1 amide bonds. The van der Waals surface area contributed by atoms with Crippen molar-refractivity contribution in [3.63, 3.8) is 0 Å². The molecule has 0 radical (unpaired) electrons. The van der Waals surface area contributed by atoms with Gasteiger partial charge in [-0.1, -0.05) is 17.9 Å². The Balaban J connectivity index is 2.10. The van der Waals surface area contributed by atoms with Crippen LogP contribution in [0.25, 0.3) is 0 Å². The Morgan fingerprint density at radius 2 is 2.38 bits per heavy atom. The first kappa shape index (κ1) is 15.5. The zero-order valence-electron chi connectivity index (χ0n) is 12.2. The molecule has 3 N–H and O–H groups in total. The second-order valence-electron chi connectivity index (χ2n) is 5.05. The summed E-state index contributed by atoms with van der Waals surface area (Å²) in [5.74, 6) is 5.22. The molecule has 1 aliphatic heterocycles. The number of likely N-dealkylation sites (tertiary alicyclic amines) is 1. The van der Waals surface area contributed by atoms with Crippen molar-refractivity contribution in [2.75, 3.05) is 20.1 Å². The van der Waals surface area contributed by atoms with Gasteiger partial charge in [-0.3, -0.25) is 9.69 Å². The molecule has 1 aromatic rings. The van der Waals surface area contributed by atoms with Crippen LogP contribution in [0, 0.1) is 17.7 Å². The maximum absolute atomic E-state index is 14.1. The van der Waals surface area contributed by atoms with Gasteiger partial charge in [0, 0.05) is 24.7 Å². The van der Waals surface area contributed by atoms with E-state index in [9.17, 15) is 9.18 Å². The summed E-state index contributed by atoms with van der Waals surface area (Å²) in [6.07, 6.45) is 1.78. The molecule has 1 atom stereocenters. The highest BCUT2D eigenvalue weighted by molar-refractivity contribution is 5.81. The number of carbonyl (C=O) groups is 1. The quantitative estimate of drug-likeness (QED) is 0.811. The van der Waals surface area contributed by atoms with Crippen LogP contribution in [-0.4, -0.2) is 37.0 Å². The summed E-state index contributed by atoms with van der Waals surface area (Å²) in [6, 6.07) is 4.77. The first-order chi connectivity index (χ1) is 10.2. The van der Waals surface area contributed by atoms with Gasteiger partial charge in [-0.25, -0.2) is 4.39 Å². The Labute approximate surface area is 124 Å². The van der Waals surface area contributed by atoms with E-state index in [0.717, 1.165) is 19.4 Å². The van der Waals surface area contributed by atoms with Crippen molar-refractivity contribution in [3.8, 4) is 11.8 Å². The number of carbonyl (C=O) groups excluding carboxylic acids is 1. The fourth-order valence-corrected chi connectivity index (χ4v) is 2.60. The third-order valence-corrected chi connectivity index (χ3v) is 3.67. The molecule has 1 saturated heterocycles. The molecule has 5 heteroatoms. The van der Waals surface area contributed by atoms with E-state index >= 15 is 0 Å². The molecule has 2 rings (SSSR count). The molecule has 1 aromatic carbocycles. The monoisotopic (exact) mass is 289 g/mol. The highest BCUT2D eigenvalue weighted by Gasteiger charge is 2.30. The molecule has 21 heavy (non-hydrogen) atoms. The Kier molecular flexibility index (Phi) is 5.32. The van der Waals surface area contributed by atoms with Crippen molar-refractivity contribution >= 4 is 5.91 Å². The highest BCUT2D eigenvalue weighted by Crippen LogP contribution is 2.21. The maximum Gasteiger partial charge on any atom is 0.237 e. The molecule has 1 fully saturated rings. The van der Waals surface area contributed by atoms with Crippen LogP contribution in [0.5, 0.6) is 0 Å². The van der Waals surface area contributed by atoms with Gasteiger partial charge >= 0.3 is 0 Å². The SMILES string of the molecule is CNC(=O)C1CCCN1Cc1ccc(C#CCN)cc1F. The Morgan fingerprint density at radius 3 is 3.05 bits per heavy atom. The smallest absolute Gasteiger partial charge is 0.237 e. The van der Waals surface area contributed by atoms with Gasteiger partial charge in [0.1, 0.15) is 5.82 Å². The summed E-state index contributed by atoms with van der Waals surface area (Å²) in [4.78, 5) is 13.8. The summed E-state index contributed by atoms with van der Waals surface area (Å²) < 4.78 is 14.1. The first-order valence-corrected chi connectivity index (χ1v) is 7.08. The molecule has 0 spiro atoms. The Morgan fingerprint density at radius 1 is 1.57 bits per heavy atom. The molecule has 1 unspecified atom stereocenters. The third kappa shape index (κ3) is 3.81. The standard InChI is InChI=1S/C16H20FN3O/c1-19-16(21)15-5-3-9-20(15)11-13-7-6-12(4-2-8-18)10-14(13)17/h6-7,10,15H,3,5,8-9,11,18H2,1H3,(H,19,21). The first-order valence-electron chi connectivity index (χ1n) is 7.08. The number of likely N-dealkylation sites (N-methyl/N-ethyl adjacent to an activating group) is 1. The van der Waals surface area contributed by atoms with E-state index in [-0.39, 0.29) is 24.3 Å². The number of halogens is 1. The van der Waals surface area contributed by atoms with E-state index in [4.69, 9.17) is 5.73 Å². The lowest BCUT2D eigenvalue weighted by atomic mass is 10.1. The minimum Gasteiger partial charge on any atom is -0.358 e. The van der Waals surface area contributed by atoms with Gasteiger partial charge < -0.3 is 11.1 Å². The number of nitrogens with two attached hydrogens (primary N) is 1. The van der Waals surface area contributed by atoms with E-state index in [1.54, 1.807) is 19.2 Å². The Bertz CT molecular complexity index is 577. The molecular formula is C16H20FN3O. The second-order valence-corrected chi connectivity index (χ2v) is 5.05. The van der Waals surface area contributed by atoms with Crippen molar-refractivity contribution in [1.82, 2.24) is 10.2 Å². The molecule has 0 aromatic heterocycles. The van der Waals surface area contributed by atoms with Crippen molar-refractivity contribution in [2.45, 2.75) is 25.4 Å². The fraction of sp³-hybridized carbons (Fsp3) is 0.438. The van der Waals surface area contributed by atoms with Crippen LogP contribution in [0.3, 0.4) is 0 Å². The van der Waals surface area contributed by atoms with Crippen molar-refractivity contribution < 1.29 is 9.18 Å². The van der Waals surface area contributed by atoms with E-state index in [0.29, 0.717) is 17.7 Å². The fourth-order valence-electron chi connectivity index (χ4n) is 2.60. The van der Waals surface area contributed by atoms with Gasteiger partial charge in [0.15, 0.2) is 0 Å². The topological polar surface area (TPSA) is 58.4 Å². The van der Waals surface area contributed by atoms with Crippen molar-refractivity contribution in [1.29, 1.82) is 0 Å². The van der Waals surface area contributed by atoms with E-state index in [1.807, 2.05) is 4.90 Å². The lowest BCUT2D eigenvalue weighted by Crippen LogP contribution is -2.41. The van der Waals surface area contributed by atoms with Crippen LogP contribution < -0.4 is 11.1 Å². The zero-order chi connectivity index (χ0) is 15.2. The van der Waals surface area contributed by atoms with Crippen LogP contribution in [0.1, 0.15) is 24.0 Å². The van der Waals surface area contributed by atoms with Crippen LogP contribution >= 0.6 is 0 Å². The lowest BCUT2D eigenvalue weighted by molar-refractivity contribution is -0.125. The van der Waals surface area contributed by atoms with E-state index < -0.39 is 0 Å². The number of benzene rings is 1. The average Bonchev–Trinajstić information content (AvgIpc) is 2.95. The van der Waals surface area contributed by atoms with Gasteiger partial charge in [-0.15, -0.1) is 0 Å². The number of nitrogens with zero attached hydrogens (tertiary/aromatic N) is 1. The predicted octanol–water partition coefficient (Wildman–Crippen LogP) is 0.846. The summed E-state index contributed by atoms with van der Waals surface area (Å²) in [6.45, 7) is 1.51. The van der Waals surface area contributed by atoms with Gasteiger partial charge in [-0.2, -0.15) is 0 Å². The van der Waals surface area contributed by atoms with Crippen LogP contribution in [0.4, 0.5) is 4.39 Å². The van der Waals surface area contributed by atoms with Crippen molar-refractivity contribution in [3.05, 3.63) is 35.1 Å². The second kappa shape index (κ2) is 7.21. The molecule has 112 valence electrons. The molecule has 1 aliphatic rings. The normalized spacial score (nSPS) is 18.1. The maximum atomic E-state index is 14.1. The highest BCUT2D eigenvalue weighted by atomic mass is 19.1. The molecular weight excluding hydrogens is 269 g/mol. The largest absolute Gasteiger partial charge is 0.358 e. The van der Waals surface area contributed by atoms with Gasteiger partial charge in [0.05, 0.1) is 12.6 Å². The summed E-state index contributed by atoms with van der Waals surface area (Å²) in [7, 11) is 1.63. The van der Waals surface area contributed by atoms with E-state index in [2.05, 4.69) is 17.2 Å². The minimum absolute atomic E-state index is 0.00154. The lowest BCUT2D eigenvalue weighted by Gasteiger charge is -2.23. The van der Waals surface area contributed by atoms with Crippen LogP contribution in [0.2, 0.25) is 0 Å². The number of rotatable bonds is 3. The molecule has 0 saturated carbocycles. The Hall–Kier alpha value is -1.90. The zero-order valence-corrected chi connectivity index (χ0v) is 12.2. The van der Waals surface area contributed by atoms with E-state index in [1.165, 1.54) is 6.07 Å². The van der Waals surface area contributed by atoms with Crippen LogP contribution in [0.15, 0.2) is 18.2 Å². The predicted molar refractivity (Wildman–Crippen MR) is 79.8 cm³/mol. The number of nitrogens with one attached hydrogen (secondary N) is 1. The summed E-state index contributed by atoms with van der Waals surface area (Å²) >= 11 is 0. The third-order valence-electron chi connectivity index (χ3n) is 3.67. The molecule has 4 nitrogen and oxygen atoms in total. The number of hydrogen-bond donors (Lipinski definition) is 2. The average molecular weight is 289 g/mol. The van der Waals surface area contributed by atoms with Crippen molar-refractivity contribution in [2.24, 2.45) is 5.73 Å². The molecule has 0 bridgehead atoms. The van der Waals surface area contributed by atoms with Crippen LogP contribution in [-0.2, 0) is 11.3 Å². The molecule has 0 aliphatic carbocycles.